The molecule has 1 heterocycles. The minimum atomic E-state index is 0.0605. The van der Waals surface area contributed by atoms with Crippen LogP contribution < -0.4 is 9.47 Å². The van der Waals surface area contributed by atoms with E-state index in [4.69, 9.17) is 9.47 Å². The van der Waals surface area contributed by atoms with Gasteiger partial charge in [0.15, 0.2) is 11.5 Å². The summed E-state index contributed by atoms with van der Waals surface area (Å²) in [5.74, 6) is 1.84. The van der Waals surface area contributed by atoms with Crippen molar-refractivity contribution in [2.75, 3.05) is 6.79 Å². The fraction of sp³-hybridized carbons (Fsp3) is 0.417. The second-order valence-corrected chi connectivity index (χ2v) is 3.90. The number of carbonyl (C=O) groups excluding carboxylic acids is 1. The highest BCUT2D eigenvalue weighted by molar-refractivity contribution is 5.78. The van der Waals surface area contributed by atoms with E-state index in [1.807, 2.05) is 25.1 Å². The summed E-state index contributed by atoms with van der Waals surface area (Å²) < 4.78 is 10.5. The summed E-state index contributed by atoms with van der Waals surface area (Å²) in [6.45, 7) is 3.85. The van der Waals surface area contributed by atoms with E-state index in [2.05, 4.69) is 0 Å². The van der Waals surface area contributed by atoms with Gasteiger partial charge in [0.05, 0.1) is 0 Å². The molecule has 15 heavy (non-hydrogen) atoms. The summed E-state index contributed by atoms with van der Waals surface area (Å²) in [5.41, 5.74) is 1.11. The fourth-order valence-electron chi connectivity index (χ4n) is 1.57. The average molecular weight is 206 g/mol. The molecule has 1 atom stereocenters. The van der Waals surface area contributed by atoms with Crippen LogP contribution in [0.25, 0.3) is 0 Å². The lowest BCUT2D eigenvalue weighted by Crippen LogP contribution is -2.09. The third-order valence-corrected chi connectivity index (χ3v) is 2.67. The van der Waals surface area contributed by atoms with Crippen molar-refractivity contribution in [2.24, 2.45) is 5.92 Å². The first kappa shape index (κ1) is 10.0. The fourth-order valence-corrected chi connectivity index (χ4v) is 1.57. The topological polar surface area (TPSA) is 35.5 Å². The zero-order valence-corrected chi connectivity index (χ0v) is 8.95. The number of ether oxygens (including phenoxy) is 2. The predicted octanol–water partition coefficient (Wildman–Crippen LogP) is 2.18. The van der Waals surface area contributed by atoms with E-state index >= 15 is 0 Å². The van der Waals surface area contributed by atoms with Gasteiger partial charge in [-0.15, -0.1) is 0 Å². The number of ketones is 1. The van der Waals surface area contributed by atoms with Crippen molar-refractivity contribution in [1.29, 1.82) is 0 Å². The van der Waals surface area contributed by atoms with Gasteiger partial charge in [-0.3, -0.25) is 4.79 Å². The number of benzene rings is 1. The highest BCUT2D eigenvalue weighted by Crippen LogP contribution is 2.33. The van der Waals surface area contributed by atoms with E-state index in [1.54, 1.807) is 6.92 Å². The molecular formula is C12H14O3. The largest absolute Gasteiger partial charge is 0.454 e. The number of carbonyl (C=O) groups is 1. The molecule has 0 aromatic heterocycles. The highest BCUT2D eigenvalue weighted by Gasteiger charge is 2.15. The van der Waals surface area contributed by atoms with E-state index in [1.165, 1.54) is 0 Å². The molecule has 1 unspecified atom stereocenters. The van der Waals surface area contributed by atoms with Crippen LogP contribution in [0.2, 0.25) is 0 Å². The molecule has 0 saturated heterocycles. The zero-order valence-electron chi connectivity index (χ0n) is 8.95. The molecule has 0 spiro atoms. The second kappa shape index (κ2) is 3.93. The number of fused-ring (bicyclic) bond motifs is 1. The summed E-state index contributed by atoms with van der Waals surface area (Å²) in [6.07, 6.45) is 0.756. The minimum absolute atomic E-state index is 0.0605. The second-order valence-electron chi connectivity index (χ2n) is 3.90. The summed E-state index contributed by atoms with van der Waals surface area (Å²) in [6, 6.07) is 5.82. The van der Waals surface area contributed by atoms with Gasteiger partial charge < -0.3 is 9.47 Å². The summed E-state index contributed by atoms with van der Waals surface area (Å²) in [7, 11) is 0. The Morgan fingerprint density at radius 3 is 2.87 bits per heavy atom. The van der Waals surface area contributed by atoms with Gasteiger partial charge in [0.25, 0.3) is 0 Å². The van der Waals surface area contributed by atoms with Crippen LogP contribution in [0, 0.1) is 5.92 Å². The van der Waals surface area contributed by atoms with Gasteiger partial charge in [-0.05, 0) is 31.0 Å². The van der Waals surface area contributed by atoms with E-state index in [-0.39, 0.29) is 11.7 Å². The molecule has 0 aliphatic carbocycles. The molecule has 3 nitrogen and oxygen atoms in total. The number of hydrogen-bond acceptors (Lipinski definition) is 3. The quantitative estimate of drug-likeness (QED) is 0.760. The Hall–Kier alpha value is -1.51. The van der Waals surface area contributed by atoms with E-state index in [0.29, 0.717) is 6.79 Å². The average Bonchev–Trinajstić information content (AvgIpc) is 2.64. The molecule has 1 aromatic carbocycles. The molecule has 0 bridgehead atoms. The van der Waals surface area contributed by atoms with Crippen LogP contribution in [-0.4, -0.2) is 12.6 Å². The van der Waals surface area contributed by atoms with Gasteiger partial charge in [0, 0.05) is 5.92 Å². The summed E-state index contributed by atoms with van der Waals surface area (Å²) in [5, 5.41) is 0. The third kappa shape index (κ3) is 2.12. The van der Waals surface area contributed by atoms with Gasteiger partial charge in [0.2, 0.25) is 6.79 Å². The maximum Gasteiger partial charge on any atom is 0.231 e. The lowest BCUT2D eigenvalue weighted by Gasteiger charge is -2.07. The van der Waals surface area contributed by atoms with Crippen LogP contribution in [-0.2, 0) is 11.2 Å². The predicted molar refractivity (Wildman–Crippen MR) is 56.1 cm³/mol. The monoisotopic (exact) mass is 206 g/mol. The van der Waals surface area contributed by atoms with Crippen molar-refractivity contribution in [2.45, 2.75) is 20.3 Å². The normalized spacial score (nSPS) is 15.1. The Balaban J connectivity index is 2.13. The molecule has 0 fully saturated rings. The first-order chi connectivity index (χ1) is 7.16. The SMILES string of the molecule is CC(=O)C(C)Cc1ccc2c(c1)OCO2. The standard InChI is InChI=1S/C12H14O3/c1-8(9(2)13)5-10-3-4-11-12(6-10)15-7-14-11/h3-4,6,8H,5,7H2,1-2H3. The van der Waals surface area contributed by atoms with E-state index in [9.17, 15) is 4.79 Å². The van der Waals surface area contributed by atoms with Crippen molar-refractivity contribution in [1.82, 2.24) is 0 Å². The Morgan fingerprint density at radius 2 is 2.13 bits per heavy atom. The molecule has 0 radical (unpaired) electrons. The van der Waals surface area contributed by atoms with Crippen LogP contribution in [0.5, 0.6) is 11.5 Å². The lowest BCUT2D eigenvalue weighted by atomic mass is 9.98. The molecule has 80 valence electrons. The molecule has 1 aromatic rings. The Labute approximate surface area is 89.0 Å². The van der Waals surface area contributed by atoms with Crippen molar-refractivity contribution < 1.29 is 14.3 Å². The zero-order chi connectivity index (χ0) is 10.8. The Kier molecular flexibility index (Phi) is 2.62. The van der Waals surface area contributed by atoms with Crippen LogP contribution in [0.3, 0.4) is 0 Å². The maximum atomic E-state index is 11.1. The van der Waals surface area contributed by atoms with Gasteiger partial charge in [-0.2, -0.15) is 0 Å². The molecular weight excluding hydrogens is 192 g/mol. The van der Waals surface area contributed by atoms with Crippen molar-refractivity contribution in [3.05, 3.63) is 23.8 Å². The molecule has 0 saturated carbocycles. The first-order valence-corrected chi connectivity index (χ1v) is 5.06. The van der Waals surface area contributed by atoms with E-state index < -0.39 is 0 Å². The van der Waals surface area contributed by atoms with Crippen LogP contribution >= 0.6 is 0 Å². The van der Waals surface area contributed by atoms with Gasteiger partial charge >= 0.3 is 0 Å². The molecule has 1 aliphatic rings. The van der Waals surface area contributed by atoms with Gasteiger partial charge in [-0.1, -0.05) is 13.0 Å². The molecule has 0 N–H and O–H groups in total. The van der Waals surface area contributed by atoms with Crippen LogP contribution in [0.4, 0.5) is 0 Å². The number of rotatable bonds is 3. The minimum Gasteiger partial charge on any atom is -0.454 e. The Morgan fingerprint density at radius 1 is 1.40 bits per heavy atom. The third-order valence-electron chi connectivity index (χ3n) is 2.67. The van der Waals surface area contributed by atoms with E-state index in [0.717, 1.165) is 23.5 Å². The van der Waals surface area contributed by atoms with Crippen LogP contribution in [0.15, 0.2) is 18.2 Å². The smallest absolute Gasteiger partial charge is 0.231 e. The maximum absolute atomic E-state index is 11.1. The number of Topliss-reactive ketones (excluding diaryl/α,β-unsaturated/α-hetero) is 1. The molecule has 1 aliphatic heterocycles. The summed E-state index contributed by atoms with van der Waals surface area (Å²) in [4.78, 5) is 11.1. The van der Waals surface area contributed by atoms with Gasteiger partial charge in [-0.25, -0.2) is 0 Å². The van der Waals surface area contributed by atoms with Crippen molar-refractivity contribution >= 4 is 5.78 Å². The molecule has 3 heteroatoms. The summed E-state index contributed by atoms with van der Waals surface area (Å²) >= 11 is 0. The lowest BCUT2D eigenvalue weighted by molar-refractivity contribution is -0.120. The van der Waals surface area contributed by atoms with Gasteiger partial charge in [0.1, 0.15) is 5.78 Å². The van der Waals surface area contributed by atoms with Crippen molar-refractivity contribution in [3.8, 4) is 11.5 Å². The van der Waals surface area contributed by atoms with Crippen LogP contribution in [0.1, 0.15) is 19.4 Å². The number of hydrogen-bond donors (Lipinski definition) is 0. The van der Waals surface area contributed by atoms with Crippen molar-refractivity contribution in [3.63, 3.8) is 0 Å². The first-order valence-electron chi connectivity index (χ1n) is 5.06. The molecule has 2 rings (SSSR count). The molecule has 0 amide bonds. The highest BCUT2D eigenvalue weighted by atomic mass is 16.7. The Bertz CT molecular complexity index is 384.